The molecule has 2 heterocycles. The van der Waals surface area contributed by atoms with Crippen LogP contribution in [0.3, 0.4) is 0 Å². The van der Waals surface area contributed by atoms with E-state index in [2.05, 4.69) is 152 Å². The van der Waals surface area contributed by atoms with Crippen molar-refractivity contribution in [3.8, 4) is 11.4 Å². The van der Waals surface area contributed by atoms with Crippen molar-refractivity contribution in [2.75, 3.05) is 0 Å². The lowest BCUT2D eigenvalue weighted by Crippen LogP contribution is -1.98. The number of nitrogens with zero attached hydrogens (tertiary/aromatic N) is 2. The van der Waals surface area contributed by atoms with Gasteiger partial charge in [0.25, 0.3) is 0 Å². The van der Waals surface area contributed by atoms with E-state index in [0.29, 0.717) is 0 Å². The number of aromatic nitrogens is 2. The second-order valence-corrected chi connectivity index (χ2v) is 10.5. The second-order valence-electron chi connectivity index (χ2n) is 9.57. The average molecular weight is 537 g/mol. The standard InChI is InChI=1S/C34H21BrN2/c35-23-17-19-33-30(20-23)29-18-16-22-8-1-2-11-26(22)34(29)37(33)25-10-7-9-24(21-25)36-31-14-5-3-12-27(31)28-13-4-6-15-32(28)36/h1-21H. The molecule has 2 nitrogen and oxygen atoms in total. The lowest BCUT2D eigenvalue weighted by Gasteiger charge is -2.13. The first-order chi connectivity index (χ1) is 18.3. The number of rotatable bonds is 2. The molecule has 2 aromatic heterocycles. The first kappa shape index (κ1) is 20.8. The zero-order valence-corrected chi connectivity index (χ0v) is 21.5. The van der Waals surface area contributed by atoms with E-state index in [1.165, 1.54) is 54.4 Å². The lowest BCUT2D eigenvalue weighted by atomic mass is 10.1. The third-order valence-corrected chi connectivity index (χ3v) is 8.03. The van der Waals surface area contributed by atoms with Gasteiger partial charge in [-0.2, -0.15) is 0 Å². The number of hydrogen-bond acceptors (Lipinski definition) is 0. The lowest BCUT2D eigenvalue weighted by molar-refractivity contribution is 1.14. The molecule has 0 saturated heterocycles. The molecule has 0 N–H and O–H groups in total. The molecule has 0 aliphatic heterocycles. The highest BCUT2D eigenvalue weighted by Gasteiger charge is 2.17. The Labute approximate surface area is 222 Å². The highest BCUT2D eigenvalue weighted by molar-refractivity contribution is 9.10. The Bertz CT molecular complexity index is 2110. The van der Waals surface area contributed by atoms with E-state index in [0.717, 1.165) is 15.8 Å². The van der Waals surface area contributed by atoms with Crippen LogP contribution in [0, 0.1) is 0 Å². The fourth-order valence-electron chi connectivity index (χ4n) is 5.99. The average Bonchev–Trinajstić information content (AvgIpc) is 3.46. The van der Waals surface area contributed by atoms with Crippen LogP contribution in [0.15, 0.2) is 132 Å². The summed E-state index contributed by atoms with van der Waals surface area (Å²) in [6.45, 7) is 0. The quantitative estimate of drug-likeness (QED) is 0.208. The summed E-state index contributed by atoms with van der Waals surface area (Å²) in [7, 11) is 0. The Morgan fingerprint density at radius 1 is 0.405 bits per heavy atom. The molecular weight excluding hydrogens is 516 g/mol. The molecule has 0 aliphatic rings. The van der Waals surface area contributed by atoms with Gasteiger partial charge in [-0.25, -0.2) is 0 Å². The zero-order chi connectivity index (χ0) is 24.5. The Morgan fingerprint density at radius 2 is 1.03 bits per heavy atom. The van der Waals surface area contributed by atoms with Crippen LogP contribution in [-0.2, 0) is 0 Å². The number of hydrogen-bond donors (Lipinski definition) is 0. The van der Waals surface area contributed by atoms with Crippen molar-refractivity contribution in [3.63, 3.8) is 0 Å². The van der Waals surface area contributed by atoms with Crippen LogP contribution >= 0.6 is 15.9 Å². The van der Waals surface area contributed by atoms with Gasteiger partial charge in [-0.3, -0.25) is 0 Å². The molecule has 0 atom stereocenters. The summed E-state index contributed by atoms with van der Waals surface area (Å²) in [6, 6.07) is 46.1. The minimum absolute atomic E-state index is 1.09. The molecule has 0 saturated carbocycles. The van der Waals surface area contributed by atoms with Gasteiger partial charge in [0.15, 0.2) is 0 Å². The van der Waals surface area contributed by atoms with Gasteiger partial charge >= 0.3 is 0 Å². The Morgan fingerprint density at radius 3 is 1.78 bits per heavy atom. The van der Waals surface area contributed by atoms with Crippen molar-refractivity contribution in [1.29, 1.82) is 0 Å². The summed E-state index contributed by atoms with van der Waals surface area (Å²) in [4.78, 5) is 0. The van der Waals surface area contributed by atoms with Gasteiger partial charge < -0.3 is 9.13 Å². The van der Waals surface area contributed by atoms with Gasteiger partial charge in [0.2, 0.25) is 0 Å². The van der Waals surface area contributed by atoms with Gasteiger partial charge in [-0.05, 0) is 53.9 Å². The fourth-order valence-corrected chi connectivity index (χ4v) is 6.35. The first-order valence-corrected chi connectivity index (χ1v) is 13.3. The number of para-hydroxylation sites is 2. The van der Waals surface area contributed by atoms with E-state index in [-0.39, 0.29) is 0 Å². The molecule has 0 amide bonds. The molecule has 0 aliphatic carbocycles. The highest BCUT2D eigenvalue weighted by Crippen LogP contribution is 2.39. The maximum Gasteiger partial charge on any atom is 0.0619 e. The smallest absolute Gasteiger partial charge is 0.0619 e. The van der Waals surface area contributed by atoms with E-state index in [1.807, 2.05) is 0 Å². The van der Waals surface area contributed by atoms with E-state index < -0.39 is 0 Å². The second kappa shape index (κ2) is 7.83. The Kier molecular flexibility index (Phi) is 4.40. The van der Waals surface area contributed by atoms with Crippen molar-refractivity contribution < 1.29 is 0 Å². The monoisotopic (exact) mass is 536 g/mol. The molecule has 0 bridgehead atoms. The number of fused-ring (bicyclic) bond motifs is 8. The summed E-state index contributed by atoms with van der Waals surface area (Å²) < 4.78 is 5.90. The van der Waals surface area contributed by atoms with Gasteiger partial charge in [0.1, 0.15) is 0 Å². The third kappa shape index (κ3) is 2.98. The molecule has 3 heteroatoms. The van der Waals surface area contributed by atoms with Crippen LogP contribution < -0.4 is 0 Å². The van der Waals surface area contributed by atoms with Crippen LogP contribution in [0.4, 0.5) is 0 Å². The first-order valence-electron chi connectivity index (χ1n) is 12.5. The zero-order valence-electron chi connectivity index (χ0n) is 19.9. The van der Waals surface area contributed by atoms with Gasteiger partial charge in [-0.1, -0.05) is 94.8 Å². The summed E-state index contributed by atoms with van der Waals surface area (Å²) in [6.07, 6.45) is 0. The number of benzene rings is 6. The summed E-state index contributed by atoms with van der Waals surface area (Å²) >= 11 is 3.70. The van der Waals surface area contributed by atoms with Crippen molar-refractivity contribution in [2.24, 2.45) is 0 Å². The van der Waals surface area contributed by atoms with Gasteiger partial charge in [0, 0.05) is 42.8 Å². The minimum atomic E-state index is 1.09. The van der Waals surface area contributed by atoms with Gasteiger partial charge in [0.05, 0.1) is 22.1 Å². The SMILES string of the molecule is Brc1ccc2c(c1)c1ccc3ccccc3c1n2-c1cccc(-n2c3ccccc3c3ccccc32)c1. The van der Waals surface area contributed by atoms with Crippen molar-refractivity contribution >= 4 is 70.3 Å². The third-order valence-electron chi connectivity index (χ3n) is 7.54. The van der Waals surface area contributed by atoms with Crippen LogP contribution in [-0.4, -0.2) is 9.13 Å². The molecule has 174 valence electrons. The molecule has 37 heavy (non-hydrogen) atoms. The van der Waals surface area contributed by atoms with Crippen LogP contribution in [0.25, 0.3) is 65.8 Å². The molecule has 0 spiro atoms. The van der Waals surface area contributed by atoms with Crippen LogP contribution in [0.1, 0.15) is 0 Å². The van der Waals surface area contributed by atoms with Crippen molar-refractivity contribution in [1.82, 2.24) is 9.13 Å². The summed E-state index contributed by atoms with van der Waals surface area (Å²) in [5.74, 6) is 0. The summed E-state index contributed by atoms with van der Waals surface area (Å²) in [5, 5.41) is 7.56. The maximum absolute atomic E-state index is 3.70. The van der Waals surface area contributed by atoms with E-state index in [4.69, 9.17) is 0 Å². The number of halogens is 1. The van der Waals surface area contributed by atoms with E-state index in [9.17, 15) is 0 Å². The Balaban J connectivity index is 1.49. The molecule has 8 rings (SSSR count). The van der Waals surface area contributed by atoms with E-state index in [1.54, 1.807) is 0 Å². The predicted octanol–water partition coefficient (Wildman–Crippen LogP) is 9.80. The normalized spacial score (nSPS) is 11.9. The van der Waals surface area contributed by atoms with Gasteiger partial charge in [-0.15, -0.1) is 0 Å². The fraction of sp³-hybridized carbons (Fsp3) is 0. The minimum Gasteiger partial charge on any atom is -0.309 e. The predicted molar refractivity (Wildman–Crippen MR) is 160 cm³/mol. The van der Waals surface area contributed by atoms with E-state index >= 15 is 0 Å². The summed E-state index contributed by atoms with van der Waals surface area (Å²) in [5.41, 5.74) is 7.19. The molecule has 0 fully saturated rings. The van der Waals surface area contributed by atoms with Crippen molar-refractivity contribution in [3.05, 3.63) is 132 Å². The molecule has 0 unspecified atom stereocenters. The molecule has 8 aromatic rings. The van der Waals surface area contributed by atoms with Crippen LogP contribution in [0.5, 0.6) is 0 Å². The Hall–Kier alpha value is -4.34. The maximum atomic E-state index is 3.70. The highest BCUT2D eigenvalue weighted by atomic mass is 79.9. The van der Waals surface area contributed by atoms with Crippen LogP contribution in [0.2, 0.25) is 0 Å². The topological polar surface area (TPSA) is 9.86 Å². The largest absolute Gasteiger partial charge is 0.309 e. The molecular formula is C34H21BrN2. The molecule has 0 radical (unpaired) electrons. The van der Waals surface area contributed by atoms with Crippen molar-refractivity contribution in [2.45, 2.75) is 0 Å². The molecule has 6 aromatic carbocycles.